The molecule has 14 heavy (non-hydrogen) atoms. The minimum absolute atomic E-state index is 0.316. The first-order valence-corrected chi connectivity index (χ1v) is 5.32. The Balaban J connectivity index is 4.20. The van der Waals surface area contributed by atoms with Crippen molar-refractivity contribution in [2.45, 2.75) is 53.1 Å². The van der Waals surface area contributed by atoms with Crippen molar-refractivity contribution in [3.05, 3.63) is 0 Å². The minimum atomic E-state index is -0.787. The molecule has 1 unspecified atom stereocenters. The van der Waals surface area contributed by atoms with Crippen molar-refractivity contribution in [2.24, 2.45) is 5.41 Å². The van der Waals surface area contributed by atoms with Crippen LogP contribution < -0.4 is 0 Å². The van der Waals surface area contributed by atoms with Gasteiger partial charge in [-0.3, -0.25) is 4.79 Å². The van der Waals surface area contributed by atoms with Crippen molar-refractivity contribution in [3.63, 3.8) is 0 Å². The first-order valence-electron chi connectivity index (χ1n) is 5.32. The van der Waals surface area contributed by atoms with Gasteiger partial charge in [0.2, 0.25) is 0 Å². The third-order valence-electron chi connectivity index (χ3n) is 2.47. The highest BCUT2D eigenvalue weighted by molar-refractivity contribution is 5.76. The van der Waals surface area contributed by atoms with Gasteiger partial charge in [0.05, 0.1) is 18.1 Å². The second-order valence-electron chi connectivity index (χ2n) is 4.10. The highest BCUT2D eigenvalue weighted by Crippen LogP contribution is 2.26. The Labute approximate surface area is 86.5 Å². The number of unbranched alkanes of at least 4 members (excludes halogenated alkanes) is 1. The van der Waals surface area contributed by atoms with E-state index in [4.69, 9.17) is 4.74 Å². The van der Waals surface area contributed by atoms with E-state index in [0.29, 0.717) is 13.0 Å². The Morgan fingerprint density at radius 3 is 2.43 bits per heavy atom. The molecule has 0 aliphatic rings. The molecular weight excluding hydrogens is 180 g/mol. The number of esters is 1. The van der Waals surface area contributed by atoms with Gasteiger partial charge in [-0.25, -0.2) is 0 Å². The lowest BCUT2D eigenvalue weighted by Crippen LogP contribution is -2.38. The Hall–Kier alpha value is -0.570. The van der Waals surface area contributed by atoms with Gasteiger partial charge in [-0.05, 0) is 27.2 Å². The monoisotopic (exact) mass is 202 g/mol. The molecule has 0 saturated heterocycles. The average Bonchev–Trinajstić information content (AvgIpc) is 2.14. The van der Waals surface area contributed by atoms with Crippen LogP contribution in [-0.2, 0) is 9.53 Å². The van der Waals surface area contributed by atoms with E-state index in [1.54, 1.807) is 20.8 Å². The molecule has 1 N–H and O–H groups in total. The highest BCUT2D eigenvalue weighted by Gasteiger charge is 2.36. The number of aliphatic hydroxyl groups is 1. The summed E-state index contributed by atoms with van der Waals surface area (Å²) in [5, 5.41) is 9.80. The molecule has 84 valence electrons. The Bertz CT molecular complexity index is 175. The van der Waals surface area contributed by atoms with Crippen molar-refractivity contribution in [1.29, 1.82) is 0 Å². The van der Waals surface area contributed by atoms with Crippen molar-refractivity contribution in [3.8, 4) is 0 Å². The van der Waals surface area contributed by atoms with Crippen LogP contribution in [0.5, 0.6) is 0 Å². The lowest BCUT2D eigenvalue weighted by atomic mass is 9.84. The van der Waals surface area contributed by atoms with Gasteiger partial charge in [0, 0.05) is 0 Å². The third-order valence-corrected chi connectivity index (χ3v) is 2.47. The second kappa shape index (κ2) is 6.02. The molecule has 0 radical (unpaired) electrons. The Morgan fingerprint density at radius 1 is 1.43 bits per heavy atom. The predicted octanol–water partition coefficient (Wildman–Crippen LogP) is 2.13. The summed E-state index contributed by atoms with van der Waals surface area (Å²) in [4.78, 5) is 11.5. The van der Waals surface area contributed by atoms with Crippen molar-refractivity contribution in [1.82, 2.24) is 0 Å². The molecule has 1 atom stereocenters. The van der Waals surface area contributed by atoms with Gasteiger partial charge in [-0.1, -0.05) is 19.8 Å². The van der Waals surface area contributed by atoms with E-state index in [9.17, 15) is 9.90 Å². The first-order chi connectivity index (χ1) is 6.46. The maximum absolute atomic E-state index is 11.5. The molecule has 0 amide bonds. The van der Waals surface area contributed by atoms with Crippen LogP contribution >= 0.6 is 0 Å². The van der Waals surface area contributed by atoms with Gasteiger partial charge in [0.1, 0.15) is 0 Å². The largest absolute Gasteiger partial charge is 0.466 e. The number of hydrogen-bond donors (Lipinski definition) is 1. The molecule has 0 bridgehead atoms. The molecule has 0 aromatic heterocycles. The van der Waals surface area contributed by atoms with Crippen LogP contribution in [0.4, 0.5) is 0 Å². The van der Waals surface area contributed by atoms with Gasteiger partial charge in [-0.2, -0.15) is 0 Å². The van der Waals surface area contributed by atoms with Crippen molar-refractivity contribution < 1.29 is 14.6 Å². The Morgan fingerprint density at radius 2 is 2.00 bits per heavy atom. The first kappa shape index (κ1) is 13.4. The zero-order chi connectivity index (χ0) is 11.2. The molecule has 0 aliphatic heterocycles. The minimum Gasteiger partial charge on any atom is -0.466 e. The third kappa shape index (κ3) is 3.66. The fraction of sp³-hybridized carbons (Fsp3) is 0.909. The second-order valence-corrected chi connectivity index (χ2v) is 4.10. The summed E-state index contributed by atoms with van der Waals surface area (Å²) >= 11 is 0. The lowest BCUT2D eigenvalue weighted by Gasteiger charge is -2.27. The summed E-state index contributed by atoms with van der Waals surface area (Å²) in [6.07, 6.45) is 2.00. The molecule has 0 aliphatic carbocycles. The van der Waals surface area contributed by atoms with Gasteiger partial charge in [0.25, 0.3) is 0 Å². The summed E-state index contributed by atoms with van der Waals surface area (Å²) in [6, 6.07) is 0. The van der Waals surface area contributed by atoms with Crippen LogP contribution in [0.15, 0.2) is 0 Å². The van der Waals surface area contributed by atoms with E-state index in [2.05, 4.69) is 6.92 Å². The topological polar surface area (TPSA) is 46.5 Å². The molecule has 0 aromatic carbocycles. The summed E-state index contributed by atoms with van der Waals surface area (Å²) in [6.45, 7) is 7.65. The number of ether oxygens (including phenoxy) is 1. The molecule has 0 rings (SSSR count). The number of rotatable bonds is 6. The van der Waals surface area contributed by atoms with Crippen LogP contribution in [0.3, 0.4) is 0 Å². The molecule has 0 aromatic rings. The Kier molecular flexibility index (Phi) is 5.77. The van der Waals surface area contributed by atoms with Gasteiger partial charge >= 0.3 is 5.97 Å². The normalized spacial score (nSPS) is 13.8. The summed E-state index contributed by atoms with van der Waals surface area (Å²) in [7, 11) is 0. The zero-order valence-corrected chi connectivity index (χ0v) is 9.67. The molecule has 0 fully saturated rings. The smallest absolute Gasteiger partial charge is 0.314 e. The quantitative estimate of drug-likeness (QED) is 0.671. The van der Waals surface area contributed by atoms with E-state index in [1.807, 2.05) is 0 Å². The maximum atomic E-state index is 11.5. The highest BCUT2D eigenvalue weighted by atomic mass is 16.5. The van der Waals surface area contributed by atoms with E-state index in [1.165, 1.54) is 0 Å². The molecule has 3 nitrogen and oxygen atoms in total. The SMILES string of the molecule is CCCCC(O)C(C)(C)C(=O)OCC. The standard InChI is InChI=1S/C11H22O3/c1-5-7-8-9(12)11(3,4)10(13)14-6-2/h9,12H,5-8H2,1-4H3. The number of carbonyl (C=O) groups is 1. The fourth-order valence-electron chi connectivity index (χ4n) is 1.21. The van der Waals surface area contributed by atoms with Crippen LogP contribution in [-0.4, -0.2) is 23.8 Å². The van der Waals surface area contributed by atoms with E-state index >= 15 is 0 Å². The predicted molar refractivity (Wildman–Crippen MR) is 55.9 cm³/mol. The maximum Gasteiger partial charge on any atom is 0.314 e. The molecule has 3 heteroatoms. The van der Waals surface area contributed by atoms with Crippen molar-refractivity contribution >= 4 is 5.97 Å². The lowest BCUT2D eigenvalue weighted by molar-refractivity contribution is -0.160. The van der Waals surface area contributed by atoms with Gasteiger partial charge in [0.15, 0.2) is 0 Å². The van der Waals surface area contributed by atoms with Crippen LogP contribution in [0, 0.1) is 5.41 Å². The van der Waals surface area contributed by atoms with E-state index in [-0.39, 0.29) is 5.97 Å². The van der Waals surface area contributed by atoms with Gasteiger partial charge < -0.3 is 9.84 Å². The molecular formula is C11H22O3. The van der Waals surface area contributed by atoms with Crippen LogP contribution in [0.2, 0.25) is 0 Å². The number of carbonyl (C=O) groups excluding carboxylic acids is 1. The molecule has 0 saturated carbocycles. The van der Waals surface area contributed by atoms with E-state index in [0.717, 1.165) is 12.8 Å². The number of hydrogen-bond acceptors (Lipinski definition) is 3. The van der Waals surface area contributed by atoms with Gasteiger partial charge in [-0.15, -0.1) is 0 Å². The molecule has 0 spiro atoms. The summed E-state index contributed by atoms with van der Waals surface area (Å²) < 4.78 is 4.91. The summed E-state index contributed by atoms with van der Waals surface area (Å²) in [5.41, 5.74) is -0.787. The number of aliphatic hydroxyl groups excluding tert-OH is 1. The average molecular weight is 202 g/mol. The van der Waals surface area contributed by atoms with E-state index < -0.39 is 11.5 Å². The zero-order valence-electron chi connectivity index (χ0n) is 9.67. The van der Waals surface area contributed by atoms with Crippen LogP contribution in [0.1, 0.15) is 47.0 Å². The van der Waals surface area contributed by atoms with Crippen molar-refractivity contribution in [2.75, 3.05) is 6.61 Å². The summed E-state index contributed by atoms with van der Waals surface area (Å²) in [5.74, 6) is -0.316. The molecule has 0 heterocycles. The van der Waals surface area contributed by atoms with Crippen LogP contribution in [0.25, 0.3) is 0 Å². The fourth-order valence-corrected chi connectivity index (χ4v) is 1.21.